The molecule has 2 rings (SSSR count). The Kier molecular flexibility index (Phi) is 3.03. The lowest BCUT2D eigenvalue weighted by atomic mass is 10.1. The largest absolute Gasteiger partial charge is 0.154 e. The minimum atomic E-state index is 0.409. The first-order chi connectivity index (χ1) is 7.18. The van der Waals surface area contributed by atoms with Crippen molar-refractivity contribution in [2.24, 2.45) is 0 Å². The molecule has 0 amide bonds. The molecular formula is C11H8BrClN2. The van der Waals surface area contributed by atoms with Crippen LogP contribution >= 0.6 is 27.5 Å². The summed E-state index contributed by atoms with van der Waals surface area (Å²) in [5, 5.41) is 8.20. The average Bonchev–Trinajstić information content (AvgIpc) is 2.23. The molecule has 0 atom stereocenters. The van der Waals surface area contributed by atoms with E-state index in [0.717, 1.165) is 21.3 Å². The van der Waals surface area contributed by atoms with Crippen LogP contribution in [0.2, 0.25) is 5.15 Å². The fourth-order valence-corrected chi connectivity index (χ4v) is 2.03. The SMILES string of the molecule is Cc1nnc(Cl)cc1-c1ccccc1Br. The second-order valence-corrected chi connectivity index (χ2v) is 4.39. The van der Waals surface area contributed by atoms with Crippen LogP contribution in [-0.2, 0) is 0 Å². The van der Waals surface area contributed by atoms with E-state index in [4.69, 9.17) is 11.6 Å². The van der Waals surface area contributed by atoms with Crippen LogP contribution in [0.15, 0.2) is 34.8 Å². The molecule has 1 aromatic heterocycles. The number of nitrogens with zero attached hydrogens (tertiary/aromatic N) is 2. The first-order valence-electron chi connectivity index (χ1n) is 4.43. The van der Waals surface area contributed by atoms with Crippen molar-refractivity contribution < 1.29 is 0 Å². The van der Waals surface area contributed by atoms with Gasteiger partial charge in [0.1, 0.15) is 0 Å². The smallest absolute Gasteiger partial charge is 0.152 e. The highest BCUT2D eigenvalue weighted by molar-refractivity contribution is 9.10. The van der Waals surface area contributed by atoms with Gasteiger partial charge in [-0.3, -0.25) is 0 Å². The maximum Gasteiger partial charge on any atom is 0.152 e. The summed E-state index contributed by atoms with van der Waals surface area (Å²) in [7, 11) is 0. The fraction of sp³-hybridized carbons (Fsp3) is 0.0909. The molecule has 15 heavy (non-hydrogen) atoms. The molecule has 76 valence electrons. The Balaban J connectivity index is 2.64. The van der Waals surface area contributed by atoms with Gasteiger partial charge in [-0.15, -0.1) is 5.10 Å². The number of hydrogen-bond acceptors (Lipinski definition) is 2. The zero-order valence-corrected chi connectivity index (χ0v) is 10.4. The standard InChI is InChI=1S/C11H8BrClN2/c1-7-9(6-11(13)15-14-7)8-4-2-3-5-10(8)12/h2-6H,1H3. The van der Waals surface area contributed by atoms with Crippen molar-refractivity contribution in [3.8, 4) is 11.1 Å². The zero-order valence-electron chi connectivity index (χ0n) is 8.04. The molecule has 0 bridgehead atoms. The lowest BCUT2D eigenvalue weighted by Gasteiger charge is -2.06. The molecule has 0 aliphatic carbocycles. The van der Waals surface area contributed by atoms with Crippen LogP contribution in [0.1, 0.15) is 5.69 Å². The van der Waals surface area contributed by atoms with Gasteiger partial charge in [0.2, 0.25) is 0 Å². The summed E-state index contributed by atoms with van der Waals surface area (Å²) >= 11 is 9.33. The number of benzene rings is 1. The third kappa shape index (κ3) is 2.19. The molecule has 0 unspecified atom stereocenters. The Morgan fingerprint density at radius 2 is 1.87 bits per heavy atom. The van der Waals surface area contributed by atoms with Crippen molar-refractivity contribution in [3.05, 3.63) is 45.7 Å². The van der Waals surface area contributed by atoms with Gasteiger partial charge in [0.25, 0.3) is 0 Å². The summed E-state index contributed by atoms with van der Waals surface area (Å²) in [5.41, 5.74) is 2.94. The van der Waals surface area contributed by atoms with Crippen LogP contribution in [0, 0.1) is 6.92 Å². The van der Waals surface area contributed by atoms with Crippen molar-refractivity contribution in [2.75, 3.05) is 0 Å². The van der Waals surface area contributed by atoms with E-state index in [9.17, 15) is 0 Å². The second kappa shape index (κ2) is 4.29. The molecule has 2 aromatic rings. The van der Waals surface area contributed by atoms with Gasteiger partial charge >= 0.3 is 0 Å². The van der Waals surface area contributed by atoms with Crippen molar-refractivity contribution >= 4 is 27.5 Å². The highest BCUT2D eigenvalue weighted by Gasteiger charge is 2.07. The van der Waals surface area contributed by atoms with Gasteiger partial charge in [0, 0.05) is 10.0 Å². The molecule has 1 aromatic carbocycles. The monoisotopic (exact) mass is 282 g/mol. The number of rotatable bonds is 1. The Labute approximate surface area is 101 Å². The second-order valence-electron chi connectivity index (χ2n) is 3.15. The Morgan fingerprint density at radius 3 is 2.60 bits per heavy atom. The Morgan fingerprint density at radius 1 is 1.13 bits per heavy atom. The molecule has 4 heteroatoms. The molecule has 2 nitrogen and oxygen atoms in total. The highest BCUT2D eigenvalue weighted by Crippen LogP contribution is 2.30. The van der Waals surface area contributed by atoms with Crippen LogP contribution < -0.4 is 0 Å². The number of aryl methyl sites for hydroxylation is 1. The lowest BCUT2D eigenvalue weighted by Crippen LogP contribution is -1.92. The van der Waals surface area contributed by atoms with E-state index in [1.54, 1.807) is 0 Å². The molecular weight excluding hydrogens is 275 g/mol. The topological polar surface area (TPSA) is 25.8 Å². The molecule has 0 saturated carbocycles. The zero-order chi connectivity index (χ0) is 10.8. The maximum atomic E-state index is 5.83. The summed E-state index contributed by atoms with van der Waals surface area (Å²) in [6.07, 6.45) is 0. The normalized spacial score (nSPS) is 10.3. The average molecular weight is 284 g/mol. The molecule has 0 aliphatic heterocycles. The van der Waals surface area contributed by atoms with E-state index in [1.165, 1.54) is 0 Å². The molecule has 0 fully saturated rings. The Bertz CT molecular complexity index is 500. The molecule has 1 heterocycles. The summed E-state index contributed by atoms with van der Waals surface area (Å²) in [6.45, 7) is 1.91. The summed E-state index contributed by atoms with van der Waals surface area (Å²) in [5.74, 6) is 0. The van der Waals surface area contributed by atoms with E-state index in [2.05, 4.69) is 26.1 Å². The van der Waals surface area contributed by atoms with Crippen molar-refractivity contribution in [1.82, 2.24) is 10.2 Å². The molecule has 0 spiro atoms. The van der Waals surface area contributed by atoms with Crippen LogP contribution in [0.3, 0.4) is 0 Å². The van der Waals surface area contributed by atoms with Gasteiger partial charge in [0.15, 0.2) is 5.15 Å². The van der Waals surface area contributed by atoms with Gasteiger partial charge in [0.05, 0.1) is 5.69 Å². The summed E-state index contributed by atoms with van der Waals surface area (Å²) < 4.78 is 1.03. The fourth-order valence-electron chi connectivity index (χ4n) is 1.38. The summed E-state index contributed by atoms with van der Waals surface area (Å²) in [6, 6.07) is 9.78. The molecule has 0 saturated heterocycles. The molecule has 0 radical (unpaired) electrons. The molecule has 0 N–H and O–H groups in total. The predicted octanol–water partition coefficient (Wildman–Crippen LogP) is 3.87. The van der Waals surface area contributed by atoms with E-state index in [1.807, 2.05) is 37.3 Å². The minimum Gasteiger partial charge on any atom is -0.154 e. The number of hydrogen-bond donors (Lipinski definition) is 0. The van der Waals surface area contributed by atoms with Gasteiger partial charge in [-0.25, -0.2) is 0 Å². The van der Waals surface area contributed by atoms with Gasteiger partial charge in [-0.2, -0.15) is 5.10 Å². The first kappa shape index (κ1) is 10.6. The van der Waals surface area contributed by atoms with E-state index in [-0.39, 0.29) is 0 Å². The predicted molar refractivity (Wildman–Crippen MR) is 64.9 cm³/mol. The van der Waals surface area contributed by atoms with Crippen LogP contribution in [-0.4, -0.2) is 10.2 Å². The van der Waals surface area contributed by atoms with Crippen molar-refractivity contribution in [2.45, 2.75) is 6.92 Å². The minimum absolute atomic E-state index is 0.409. The Hall–Kier alpha value is -0.930. The summed E-state index contributed by atoms with van der Waals surface area (Å²) in [4.78, 5) is 0. The molecule has 0 aliphatic rings. The first-order valence-corrected chi connectivity index (χ1v) is 5.60. The lowest BCUT2D eigenvalue weighted by molar-refractivity contribution is 0.984. The van der Waals surface area contributed by atoms with Gasteiger partial charge in [-0.05, 0) is 24.6 Å². The quantitative estimate of drug-likeness (QED) is 0.794. The van der Waals surface area contributed by atoms with Gasteiger partial charge < -0.3 is 0 Å². The number of aromatic nitrogens is 2. The highest BCUT2D eigenvalue weighted by atomic mass is 79.9. The maximum absolute atomic E-state index is 5.83. The number of halogens is 2. The van der Waals surface area contributed by atoms with E-state index >= 15 is 0 Å². The van der Waals surface area contributed by atoms with Crippen molar-refractivity contribution in [1.29, 1.82) is 0 Å². The van der Waals surface area contributed by atoms with Crippen LogP contribution in [0.25, 0.3) is 11.1 Å². The third-order valence-corrected chi connectivity index (χ3v) is 2.99. The van der Waals surface area contributed by atoms with Crippen molar-refractivity contribution in [3.63, 3.8) is 0 Å². The third-order valence-electron chi connectivity index (χ3n) is 2.11. The van der Waals surface area contributed by atoms with Gasteiger partial charge in [-0.1, -0.05) is 45.7 Å². The van der Waals surface area contributed by atoms with E-state index < -0.39 is 0 Å². The van der Waals surface area contributed by atoms with Crippen LogP contribution in [0.4, 0.5) is 0 Å². The van der Waals surface area contributed by atoms with Crippen LogP contribution in [0.5, 0.6) is 0 Å². The van der Waals surface area contributed by atoms with E-state index in [0.29, 0.717) is 5.15 Å².